The Hall–Kier alpha value is -1.91. The smallest absolute Gasteiger partial charge is 0.124 e. The number of nitrogens with one attached hydrogen (secondary N) is 1. The van der Waals surface area contributed by atoms with Crippen LogP contribution >= 0.6 is 11.6 Å². The number of halogens is 2. The molecule has 20 heavy (non-hydrogen) atoms. The quantitative estimate of drug-likeness (QED) is 0.655. The Morgan fingerprint density at radius 1 is 1.20 bits per heavy atom. The van der Waals surface area contributed by atoms with Crippen molar-refractivity contribution in [2.45, 2.75) is 13.2 Å². The van der Waals surface area contributed by atoms with Gasteiger partial charge in [0.1, 0.15) is 11.7 Å². The first-order valence-corrected chi connectivity index (χ1v) is 6.39. The predicted molar refractivity (Wildman–Crippen MR) is 77.4 cm³/mol. The van der Waals surface area contributed by atoms with Crippen LogP contribution in [0.1, 0.15) is 16.7 Å². The van der Waals surface area contributed by atoms with Crippen molar-refractivity contribution in [3.05, 3.63) is 70.0 Å². The van der Waals surface area contributed by atoms with E-state index >= 15 is 0 Å². The molecule has 5 heteroatoms. The second-order valence-electron chi connectivity index (χ2n) is 4.35. The van der Waals surface area contributed by atoms with Crippen LogP contribution in [0.3, 0.4) is 0 Å². The molecular weight excluding hydrogens is 279 g/mol. The lowest BCUT2D eigenvalue weighted by molar-refractivity contribution is 0.107. The Labute approximate surface area is 121 Å². The summed E-state index contributed by atoms with van der Waals surface area (Å²) in [7, 11) is 0. The van der Waals surface area contributed by atoms with E-state index in [0.717, 1.165) is 5.56 Å². The van der Waals surface area contributed by atoms with Gasteiger partial charge in [-0.15, -0.1) is 0 Å². The highest BCUT2D eigenvalue weighted by atomic mass is 35.5. The van der Waals surface area contributed by atoms with Gasteiger partial charge in [0.25, 0.3) is 0 Å². The van der Waals surface area contributed by atoms with Gasteiger partial charge in [-0.05, 0) is 35.4 Å². The summed E-state index contributed by atoms with van der Waals surface area (Å²) in [5, 5.41) is 7.96. The maximum absolute atomic E-state index is 13.4. The van der Waals surface area contributed by atoms with E-state index in [0.29, 0.717) is 22.8 Å². The molecular formula is C15H14ClFN2O. The van der Waals surface area contributed by atoms with Crippen molar-refractivity contribution in [2.75, 3.05) is 0 Å². The van der Waals surface area contributed by atoms with Gasteiger partial charge >= 0.3 is 0 Å². The predicted octanol–water partition coefficient (Wildman–Crippen LogP) is 3.48. The summed E-state index contributed by atoms with van der Waals surface area (Å²) in [4.78, 5) is 0. The molecule has 2 rings (SSSR count). The number of hydrogen-bond donors (Lipinski definition) is 2. The summed E-state index contributed by atoms with van der Waals surface area (Å²) >= 11 is 6.01. The molecule has 0 heterocycles. The number of nitrogen functional groups attached to an aromatic ring is 1. The molecule has 0 radical (unpaired) electrons. The van der Waals surface area contributed by atoms with Gasteiger partial charge in [-0.3, -0.25) is 5.41 Å². The topological polar surface area (TPSA) is 59.1 Å². The zero-order valence-electron chi connectivity index (χ0n) is 10.7. The fourth-order valence-corrected chi connectivity index (χ4v) is 1.97. The highest BCUT2D eigenvalue weighted by molar-refractivity contribution is 6.31. The highest BCUT2D eigenvalue weighted by Crippen LogP contribution is 2.17. The zero-order chi connectivity index (χ0) is 14.5. The maximum Gasteiger partial charge on any atom is 0.124 e. The molecule has 3 N–H and O–H groups in total. The first-order valence-electron chi connectivity index (χ1n) is 6.01. The molecule has 0 spiro atoms. The van der Waals surface area contributed by atoms with Gasteiger partial charge in [0, 0.05) is 10.6 Å². The molecule has 0 bridgehead atoms. The minimum Gasteiger partial charge on any atom is -0.384 e. The molecule has 2 aromatic carbocycles. The van der Waals surface area contributed by atoms with E-state index in [-0.39, 0.29) is 12.4 Å². The van der Waals surface area contributed by atoms with Gasteiger partial charge in [-0.2, -0.15) is 0 Å². The molecule has 2 aromatic rings. The minimum absolute atomic E-state index is 0.170. The van der Waals surface area contributed by atoms with Gasteiger partial charge in [0.05, 0.1) is 13.2 Å². The minimum atomic E-state index is -0.436. The Balaban J connectivity index is 2.01. The summed E-state index contributed by atoms with van der Waals surface area (Å²) < 4.78 is 18.9. The van der Waals surface area contributed by atoms with Crippen molar-refractivity contribution in [3.8, 4) is 0 Å². The van der Waals surface area contributed by atoms with Crippen LogP contribution in [0.5, 0.6) is 0 Å². The van der Waals surface area contributed by atoms with E-state index in [1.54, 1.807) is 12.1 Å². The van der Waals surface area contributed by atoms with Crippen LogP contribution in [0, 0.1) is 11.2 Å². The van der Waals surface area contributed by atoms with Crippen LogP contribution in [0.2, 0.25) is 5.02 Å². The molecule has 0 amide bonds. The van der Waals surface area contributed by atoms with Crippen LogP contribution in [0.25, 0.3) is 0 Å². The molecule has 0 aliphatic carbocycles. The lowest BCUT2D eigenvalue weighted by atomic mass is 10.1. The van der Waals surface area contributed by atoms with E-state index in [9.17, 15) is 4.39 Å². The standard InChI is InChI=1S/C15H14ClFN2O/c16-14-4-2-1-3-11(14)9-20-8-10-5-12(15(18)19)7-13(17)6-10/h1-7H,8-9H2,(H3,18,19). The number of rotatable bonds is 5. The van der Waals surface area contributed by atoms with Crippen molar-refractivity contribution < 1.29 is 9.13 Å². The Morgan fingerprint density at radius 3 is 2.65 bits per heavy atom. The normalized spacial score (nSPS) is 10.5. The Kier molecular flexibility index (Phi) is 4.71. The van der Waals surface area contributed by atoms with Crippen molar-refractivity contribution in [2.24, 2.45) is 5.73 Å². The molecule has 0 saturated heterocycles. The number of amidine groups is 1. The Morgan fingerprint density at radius 2 is 1.95 bits per heavy atom. The zero-order valence-corrected chi connectivity index (χ0v) is 11.5. The van der Waals surface area contributed by atoms with Crippen LogP contribution in [0.4, 0.5) is 4.39 Å². The highest BCUT2D eigenvalue weighted by Gasteiger charge is 2.04. The molecule has 0 aliphatic heterocycles. The summed E-state index contributed by atoms with van der Waals surface area (Å²) in [6, 6.07) is 11.6. The molecule has 0 fully saturated rings. The van der Waals surface area contributed by atoms with E-state index in [4.69, 9.17) is 27.5 Å². The Bertz CT molecular complexity index is 631. The fraction of sp³-hybridized carbons (Fsp3) is 0.133. The van der Waals surface area contributed by atoms with Crippen LogP contribution in [-0.2, 0) is 18.0 Å². The number of nitrogens with two attached hydrogens (primary N) is 1. The third-order valence-electron chi connectivity index (χ3n) is 2.75. The molecule has 3 nitrogen and oxygen atoms in total. The van der Waals surface area contributed by atoms with Gasteiger partial charge in [0.15, 0.2) is 0 Å². The number of hydrogen-bond acceptors (Lipinski definition) is 2. The largest absolute Gasteiger partial charge is 0.384 e. The van der Waals surface area contributed by atoms with Crippen LogP contribution < -0.4 is 5.73 Å². The number of benzene rings is 2. The van der Waals surface area contributed by atoms with Gasteiger partial charge in [0.2, 0.25) is 0 Å². The summed E-state index contributed by atoms with van der Waals surface area (Å²) in [6.07, 6.45) is 0. The molecule has 0 aromatic heterocycles. The van der Waals surface area contributed by atoms with E-state index < -0.39 is 5.82 Å². The third kappa shape index (κ3) is 3.79. The van der Waals surface area contributed by atoms with Gasteiger partial charge in [-0.25, -0.2) is 4.39 Å². The summed E-state index contributed by atoms with van der Waals surface area (Å²) in [5.74, 6) is -0.606. The average Bonchev–Trinajstić information content (AvgIpc) is 2.40. The average molecular weight is 293 g/mol. The van der Waals surface area contributed by atoms with Crippen molar-refractivity contribution in [1.29, 1.82) is 5.41 Å². The van der Waals surface area contributed by atoms with Crippen molar-refractivity contribution in [1.82, 2.24) is 0 Å². The number of ether oxygens (including phenoxy) is 1. The third-order valence-corrected chi connectivity index (χ3v) is 3.12. The van der Waals surface area contributed by atoms with Crippen molar-refractivity contribution >= 4 is 17.4 Å². The second-order valence-corrected chi connectivity index (χ2v) is 4.75. The first-order chi connectivity index (χ1) is 9.56. The molecule has 0 unspecified atom stereocenters. The second kappa shape index (κ2) is 6.50. The van der Waals surface area contributed by atoms with E-state index in [1.165, 1.54) is 12.1 Å². The van der Waals surface area contributed by atoms with Gasteiger partial charge < -0.3 is 10.5 Å². The fourth-order valence-electron chi connectivity index (χ4n) is 1.78. The van der Waals surface area contributed by atoms with Crippen molar-refractivity contribution in [3.63, 3.8) is 0 Å². The van der Waals surface area contributed by atoms with E-state index in [2.05, 4.69) is 0 Å². The lowest BCUT2D eigenvalue weighted by Gasteiger charge is -2.08. The maximum atomic E-state index is 13.4. The van der Waals surface area contributed by atoms with Crippen LogP contribution in [-0.4, -0.2) is 5.84 Å². The monoisotopic (exact) mass is 292 g/mol. The first kappa shape index (κ1) is 14.5. The molecule has 0 atom stereocenters. The summed E-state index contributed by atoms with van der Waals surface area (Å²) in [5.41, 5.74) is 7.20. The lowest BCUT2D eigenvalue weighted by Crippen LogP contribution is -2.12. The summed E-state index contributed by atoms with van der Waals surface area (Å²) in [6.45, 7) is 0.564. The SMILES string of the molecule is N=C(N)c1cc(F)cc(COCc2ccccc2Cl)c1. The van der Waals surface area contributed by atoms with Gasteiger partial charge in [-0.1, -0.05) is 29.8 Å². The van der Waals surface area contributed by atoms with E-state index in [1.807, 2.05) is 18.2 Å². The molecule has 104 valence electrons. The molecule has 0 aliphatic rings. The molecule has 0 saturated carbocycles. The van der Waals surface area contributed by atoms with Crippen LogP contribution in [0.15, 0.2) is 42.5 Å².